The van der Waals surface area contributed by atoms with Crippen LogP contribution in [0.1, 0.15) is 59.0 Å². The fourth-order valence-electron chi connectivity index (χ4n) is 0.726. The predicted octanol–water partition coefficient (Wildman–Crippen LogP) is 3.89. The van der Waals surface area contributed by atoms with Crippen molar-refractivity contribution in [2.45, 2.75) is 54.4 Å². The van der Waals surface area contributed by atoms with Gasteiger partial charge in [-0.05, 0) is 6.92 Å². The quantitative estimate of drug-likeness (QED) is 0.704. The highest BCUT2D eigenvalue weighted by molar-refractivity contribution is 5.01. The first-order valence-corrected chi connectivity index (χ1v) is 5.21. The normalized spacial score (nSPS) is 8.31. The highest BCUT2D eigenvalue weighted by Gasteiger charge is 1.99. The minimum atomic E-state index is 0.513. The highest BCUT2D eigenvalue weighted by atomic mass is 14.9. The van der Waals surface area contributed by atoms with Crippen molar-refractivity contribution in [3.05, 3.63) is 17.7 Å². The summed E-state index contributed by atoms with van der Waals surface area (Å²) in [6, 6.07) is 0. The van der Waals surface area contributed by atoms with Gasteiger partial charge in [0.25, 0.3) is 0 Å². The molecule has 0 aliphatic rings. The van der Waals surface area contributed by atoms with Gasteiger partial charge in [0.2, 0.25) is 0 Å². The van der Waals surface area contributed by atoms with Gasteiger partial charge in [-0.25, -0.2) is 4.98 Å². The first-order chi connectivity index (χ1) is 6.20. The highest BCUT2D eigenvalue weighted by Crippen LogP contribution is 2.07. The average Bonchev–Trinajstić information content (AvgIpc) is 2.59. The first-order valence-electron chi connectivity index (χ1n) is 5.21. The largest absolute Gasteiger partial charge is 0.346 e. The van der Waals surface area contributed by atoms with Gasteiger partial charge >= 0.3 is 0 Å². The third-order valence-electron chi connectivity index (χ3n) is 1.27. The molecule has 0 aromatic carbocycles. The van der Waals surface area contributed by atoms with E-state index >= 15 is 0 Å². The lowest BCUT2D eigenvalue weighted by Gasteiger charge is -1.95. The van der Waals surface area contributed by atoms with Crippen molar-refractivity contribution in [1.82, 2.24) is 9.97 Å². The molecule has 1 aromatic heterocycles. The Hall–Kier alpha value is -0.790. The molecule has 0 saturated carbocycles. The van der Waals surface area contributed by atoms with Gasteiger partial charge in [0.1, 0.15) is 5.82 Å². The van der Waals surface area contributed by atoms with E-state index in [2.05, 4.69) is 23.8 Å². The van der Waals surface area contributed by atoms with Crippen molar-refractivity contribution in [3.8, 4) is 0 Å². The molecule has 0 unspecified atom stereocenters. The van der Waals surface area contributed by atoms with Crippen LogP contribution in [0.3, 0.4) is 0 Å². The molecule has 0 radical (unpaired) electrons. The summed E-state index contributed by atoms with van der Waals surface area (Å²) in [6.45, 7) is 14.3. The lowest BCUT2D eigenvalue weighted by atomic mass is 10.2. The van der Waals surface area contributed by atoms with Gasteiger partial charge in [-0.3, -0.25) is 0 Å². The van der Waals surface area contributed by atoms with Gasteiger partial charge in [0.05, 0.1) is 0 Å². The van der Waals surface area contributed by atoms with E-state index in [-0.39, 0.29) is 0 Å². The van der Waals surface area contributed by atoms with Gasteiger partial charge < -0.3 is 4.98 Å². The van der Waals surface area contributed by atoms with E-state index in [0.717, 1.165) is 11.5 Å². The summed E-state index contributed by atoms with van der Waals surface area (Å²) in [7, 11) is 0. The van der Waals surface area contributed by atoms with E-state index in [1.54, 1.807) is 0 Å². The second-order valence-corrected chi connectivity index (χ2v) is 2.61. The molecule has 1 heterocycles. The van der Waals surface area contributed by atoms with E-state index < -0.39 is 0 Å². The zero-order chi connectivity index (χ0) is 10.9. The molecule has 0 aliphatic carbocycles. The Kier molecular flexibility index (Phi) is 10.5. The molecule has 1 rings (SSSR count). The fourth-order valence-corrected chi connectivity index (χ4v) is 0.726. The molecule has 0 spiro atoms. The van der Waals surface area contributed by atoms with Gasteiger partial charge in [-0.15, -0.1) is 0 Å². The Morgan fingerprint density at radius 2 is 1.62 bits per heavy atom. The number of aromatic nitrogens is 2. The fraction of sp³-hybridized carbons (Fsp3) is 0.727. The molecular formula is C11H24N2. The summed E-state index contributed by atoms with van der Waals surface area (Å²) in [4.78, 5) is 7.32. The molecule has 0 atom stereocenters. The molecule has 2 heteroatoms. The molecular weight excluding hydrogens is 160 g/mol. The van der Waals surface area contributed by atoms with Gasteiger partial charge in [0, 0.05) is 17.8 Å². The Labute approximate surface area is 82.8 Å². The van der Waals surface area contributed by atoms with E-state index in [9.17, 15) is 0 Å². The SMILES string of the molecule is CC.CC.Cc1cnc(C(C)C)[nH]1. The first kappa shape index (κ1) is 14.7. The van der Waals surface area contributed by atoms with Crippen molar-refractivity contribution in [1.29, 1.82) is 0 Å². The summed E-state index contributed by atoms with van der Waals surface area (Å²) in [5.74, 6) is 1.59. The van der Waals surface area contributed by atoms with Crippen LogP contribution in [0.15, 0.2) is 6.20 Å². The van der Waals surface area contributed by atoms with Crippen LogP contribution in [-0.4, -0.2) is 9.97 Å². The molecule has 0 bridgehead atoms. The zero-order valence-corrected chi connectivity index (χ0v) is 10.1. The minimum Gasteiger partial charge on any atom is -0.346 e. The van der Waals surface area contributed by atoms with Gasteiger partial charge in [0.15, 0.2) is 0 Å². The number of rotatable bonds is 1. The monoisotopic (exact) mass is 184 g/mol. The van der Waals surface area contributed by atoms with Crippen molar-refractivity contribution in [2.24, 2.45) is 0 Å². The lowest BCUT2D eigenvalue weighted by Crippen LogP contribution is -1.88. The number of aryl methyl sites for hydroxylation is 1. The Bertz CT molecular complexity index is 190. The minimum absolute atomic E-state index is 0.513. The molecule has 0 amide bonds. The van der Waals surface area contributed by atoms with Crippen LogP contribution in [0, 0.1) is 6.92 Å². The van der Waals surface area contributed by atoms with Crippen LogP contribution in [-0.2, 0) is 0 Å². The van der Waals surface area contributed by atoms with Crippen LogP contribution in [0.2, 0.25) is 0 Å². The van der Waals surface area contributed by atoms with E-state index in [1.165, 1.54) is 0 Å². The van der Waals surface area contributed by atoms with Crippen LogP contribution in [0.5, 0.6) is 0 Å². The summed E-state index contributed by atoms with van der Waals surface area (Å²) in [6.07, 6.45) is 1.86. The van der Waals surface area contributed by atoms with Crippen LogP contribution in [0.25, 0.3) is 0 Å². The van der Waals surface area contributed by atoms with Gasteiger partial charge in [-0.1, -0.05) is 41.5 Å². The van der Waals surface area contributed by atoms with Crippen molar-refractivity contribution in [3.63, 3.8) is 0 Å². The maximum absolute atomic E-state index is 4.16. The molecule has 13 heavy (non-hydrogen) atoms. The Balaban J connectivity index is 0. The van der Waals surface area contributed by atoms with E-state index in [1.807, 2.05) is 40.8 Å². The molecule has 0 aliphatic heterocycles. The number of imidazole rings is 1. The summed E-state index contributed by atoms with van der Waals surface area (Å²) >= 11 is 0. The van der Waals surface area contributed by atoms with Gasteiger partial charge in [-0.2, -0.15) is 0 Å². The van der Waals surface area contributed by atoms with E-state index in [4.69, 9.17) is 0 Å². The second-order valence-electron chi connectivity index (χ2n) is 2.61. The molecule has 0 fully saturated rings. The van der Waals surface area contributed by atoms with Crippen molar-refractivity contribution >= 4 is 0 Å². The Morgan fingerprint density at radius 1 is 1.15 bits per heavy atom. The second kappa shape index (κ2) is 9.30. The summed E-state index contributed by atoms with van der Waals surface area (Å²) in [5, 5.41) is 0. The topological polar surface area (TPSA) is 28.7 Å². The molecule has 2 nitrogen and oxygen atoms in total. The number of nitrogens with zero attached hydrogens (tertiary/aromatic N) is 1. The third-order valence-corrected chi connectivity index (χ3v) is 1.27. The van der Waals surface area contributed by atoms with Crippen LogP contribution < -0.4 is 0 Å². The van der Waals surface area contributed by atoms with E-state index in [0.29, 0.717) is 5.92 Å². The third kappa shape index (κ3) is 6.38. The maximum atomic E-state index is 4.16. The lowest BCUT2D eigenvalue weighted by molar-refractivity contribution is 0.792. The number of H-pyrrole nitrogens is 1. The predicted molar refractivity (Wildman–Crippen MR) is 60.1 cm³/mol. The maximum Gasteiger partial charge on any atom is 0.108 e. The van der Waals surface area contributed by atoms with Crippen molar-refractivity contribution in [2.75, 3.05) is 0 Å². The van der Waals surface area contributed by atoms with Crippen LogP contribution in [0.4, 0.5) is 0 Å². The standard InChI is InChI=1S/C7H12N2.2C2H6/c1-5(2)7-8-4-6(3)9-7;2*1-2/h4-5H,1-3H3,(H,8,9);2*1-2H3. The van der Waals surface area contributed by atoms with Crippen molar-refractivity contribution < 1.29 is 0 Å². The smallest absolute Gasteiger partial charge is 0.108 e. The zero-order valence-electron chi connectivity index (χ0n) is 10.1. The average molecular weight is 184 g/mol. The summed E-state index contributed by atoms with van der Waals surface area (Å²) < 4.78 is 0. The molecule has 78 valence electrons. The Morgan fingerprint density at radius 3 is 1.77 bits per heavy atom. The van der Waals surface area contributed by atoms with Crippen LogP contribution >= 0.6 is 0 Å². The molecule has 0 saturated heterocycles. The molecule has 1 aromatic rings. The summed E-state index contributed by atoms with van der Waals surface area (Å²) in [5.41, 5.74) is 1.14. The number of hydrogen-bond donors (Lipinski definition) is 1. The molecule has 1 N–H and O–H groups in total. The number of hydrogen-bond acceptors (Lipinski definition) is 1. The number of nitrogens with one attached hydrogen (secondary N) is 1. The number of aromatic amines is 1.